The summed E-state index contributed by atoms with van der Waals surface area (Å²) < 4.78 is 0. The lowest BCUT2D eigenvalue weighted by atomic mass is 10.0. The van der Waals surface area contributed by atoms with Crippen molar-refractivity contribution >= 4 is 11.8 Å². The summed E-state index contributed by atoms with van der Waals surface area (Å²) in [6, 6.07) is 0. The Morgan fingerprint density at radius 3 is 1.94 bits per heavy atom. The van der Waals surface area contributed by atoms with Gasteiger partial charge in [-0.2, -0.15) is 0 Å². The molecule has 0 fully saturated rings. The molecular formula is C11H23N3O2. The van der Waals surface area contributed by atoms with Crippen LogP contribution < -0.4 is 16.4 Å². The van der Waals surface area contributed by atoms with Gasteiger partial charge in [-0.3, -0.25) is 9.59 Å². The normalized spacial score (nSPS) is 12.1. The maximum Gasteiger partial charge on any atom is 0.239 e. The molecule has 0 aromatic carbocycles. The van der Waals surface area contributed by atoms with E-state index in [0.29, 0.717) is 0 Å². The van der Waals surface area contributed by atoms with Crippen LogP contribution in [0, 0.1) is 0 Å². The molecule has 5 heteroatoms. The molecule has 0 spiro atoms. The molecule has 0 unspecified atom stereocenters. The van der Waals surface area contributed by atoms with Crippen molar-refractivity contribution in [3.05, 3.63) is 0 Å². The Balaban J connectivity index is 3.90. The van der Waals surface area contributed by atoms with Crippen LogP contribution in [0.1, 0.15) is 41.0 Å². The first-order valence-electron chi connectivity index (χ1n) is 5.36. The lowest BCUT2D eigenvalue weighted by molar-refractivity contribution is -0.127. The Hall–Kier alpha value is -1.10. The topological polar surface area (TPSA) is 84.2 Å². The molecule has 0 aliphatic rings. The smallest absolute Gasteiger partial charge is 0.239 e. The second-order valence-corrected chi connectivity index (χ2v) is 5.74. The summed E-state index contributed by atoms with van der Waals surface area (Å²) in [5.41, 5.74) is 4.85. The second-order valence-electron chi connectivity index (χ2n) is 5.74. The average Bonchev–Trinajstić information content (AvgIpc) is 1.94. The molecule has 94 valence electrons. The molecule has 0 atom stereocenters. The van der Waals surface area contributed by atoms with Gasteiger partial charge in [-0.25, -0.2) is 0 Å². The van der Waals surface area contributed by atoms with Crippen molar-refractivity contribution in [3.63, 3.8) is 0 Å². The molecule has 2 amide bonds. The van der Waals surface area contributed by atoms with Gasteiger partial charge in [-0.15, -0.1) is 0 Å². The Labute approximate surface area is 97.2 Å². The molecule has 5 nitrogen and oxygen atoms in total. The molecule has 0 saturated carbocycles. The summed E-state index contributed by atoms with van der Waals surface area (Å²) in [6.07, 6.45) is 0.204. The van der Waals surface area contributed by atoms with Crippen LogP contribution >= 0.6 is 0 Å². The average molecular weight is 229 g/mol. The molecule has 0 saturated heterocycles. The predicted octanol–water partition coefficient (Wildman–Crippen LogP) is 0.145. The van der Waals surface area contributed by atoms with Crippen molar-refractivity contribution in [1.29, 1.82) is 0 Å². The van der Waals surface area contributed by atoms with Gasteiger partial charge < -0.3 is 16.4 Å². The summed E-state index contributed by atoms with van der Waals surface area (Å²) in [6.45, 7) is 9.18. The summed E-state index contributed by atoms with van der Waals surface area (Å²) in [5, 5.41) is 5.28. The van der Waals surface area contributed by atoms with Crippen molar-refractivity contribution in [3.8, 4) is 0 Å². The quantitative estimate of drug-likeness (QED) is 0.641. The summed E-state index contributed by atoms with van der Waals surface area (Å²) >= 11 is 0. The Morgan fingerprint density at radius 2 is 1.56 bits per heavy atom. The Kier molecular flexibility index (Phi) is 4.93. The molecule has 0 aromatic rings. The zero-order chi connectivity index (χ0) is 13.0. The van der Waals surface area contributed by atoms with E-state index in [9.17, 15) is 9.59 Å². The van der Waals surface area contributed by atoms with Gasteiger partial charge in [0, 0.05) is 17.5 Å². The molecule has 0 radical (unpaired) electrons. The van der Waals surface area contributed by atoms with Crippen LogP contribution in [0.25, 0.3) is 0 Å². The maximum atomic E-state index is 11.4. The van der Waals surface area contributed by atoms with Crippen LogP contribution in [0.5, 0.6) is 0 Å². The molecular weight excluding hydrogens is 206 g/mol. The Bertz CT molecular complexity index is 233. The SMILES string of the molecule is CC(C)(N)CC(=O)NCC(=O)NC(C)(C)C. The minimum atomic E-state index is -0.551. The van der Waals surface area contributed by atoms with Crippen LogP contribution in [0.3, 0.4) is 0 Å². The van der Waals surface area contributed by atoms with E-state index in [2.05, 4.69) is 10.6 Å². The highest BCUT2D eigenvalue weighted by molar-refractivity contribution is 5.85. The van der Waals surface area contributed by atoms with E-state index in [0.717, 1.165) is 0 Å². The fourth-order valence-corrected chi connectivity index (χ4v) is 1.12. The fourth-order valence-electron chi connectivity index (χ4n) is 1.12. The first-order chi connectivity index (χ1) is 6.99. The van der Waals surface area contributed by atoms with E-state index < -0.39 is 5.54 Å². The molecule has 0 bridgehead atoms. The standard InChI is InChI=1S/C11H23N3O2/c1-10(2,3)14-9(16)7-13-8(15)6-11(4,5)12/h6-7,12H2,1-5H3,(H,13,15)(H,14,16). The van der Waals surface area contributed by atoms with Crippen molar-refractivity contribution in [2.75, 3.05) is 6.54 Å². The molecule has 4 N–H and O–H groups in total. The number of amides is 2. The van der Waals surface area contributed by atoms with Crippen molar-refractivity contribution in [2.24, 2.45) is 5.73 Å². The summed E-state index contributed by atoms with van der Waals surface area (Å²) in [4.78, 5) is 22.7. The highest BCUT2D eigenvalue weighted by Crippen LogP contribution is 2.02. The zero-order valence-electron chi connectivity index (χ0n) is 10.8. The van der Waals surface area contributed by atoms with Crippen molar-refractivity contribution in [2.45, 2.75) is 52.1 Å². The zero-order valence-corrected chi connectivity index (χ0v) is 10.8. The first-order valence-corrected chi connectivity index (χ1v) is 5.36. The van der Waals surface area contributed by atoms with Crippen LogP contribution in [-0.4, -0.2) is 29.4 Å². The molecule has 0 aromatic heterocycles. The number of rotatable bonds is 4. The van der Waals surface area contributed by atoms with Gasteiger partial charge in [0.05, 0.1) is 6.54 Å². The van der Waals surface area contributed by atoms with Gasteiger partial charge in [-0.05, 0) is 34.6 Å². The summed E-state index contributed by atoms with van der Waals surface area (Å²) in [5.74, 6) is -0.410. The first kappa shape index (κ1) is 14.9. The number of nitrogens with one attached hydrogen (secondary N) is 2. The van der Waals surface area contributed by atoms with Gasteiger partial charge in [0.25, 0.3) is 0 Å². The minimum Gasteiger partial charge on any atom is -0.350 e. The molecule has 0 heterocycles. The van der Waals surface area contributed by atoms with Crippen LogP contribution in [-0.2, 0) is 9.59 Å². The van der Waals surface area contributed by atoms with E-state index in [1.54, 1.807) is 13.8 Å². The lowest BCUT2D eigenvalue weighted by Gasteiger charge is -2.21. The minimum absolute atomic E-state index is 0.00775. The van der Waals surface area contributed by atoms with E-state index >= 15 is 0 Å². The lowest BCUT2D eigenvalue weighted by Crippen LogP contribution is -2.47. The van der Waals surface area contributed by atoms with Gasteiger partial charge in [-0.1, -0.05) is 0 Å². The van der Waals surface area contributed by atoms with E-state index in [-0.39, 0.29) is 30.3 Å². The largest absolute Gasteiger partial charge is 0.350 e. The predicted molar refractivity (Wildman–Crippen MR) is 63.8 cm³/mol. The maximum absolute atomic E-state index is 11.4. The monoisotopic (exact) mass is 229 g/mol. The van der Waals surface area contributed by atoms with Crippen molar-refractivity contribution in [1.82, 2.24) is 10.6 Å². The van der Waals surface area contributed by atoms with Crippen LogP contribution in [0.4, 0.5) is 0 Å². The van der Waals surface area contributed by atoms with Gasteiger partial charge >= 0.3 is 0 Å². The number of nitrogens with two attached hydrogens (primary N) is 1. The third kappa shape index (κ3) is 9.45. The van der Waals surface area contributed by atoms with Gasteiger partial charge in [0.2, 0.25) is 11.8 Å². The molecule has 0 rings (SSSR count). The summed E-state index contributed by atoms with van der Waals surface area (Å²) in [7, 11) is 0. The molecule has 0 aliphatic heterocycles. The van der Waals surface area contributed by atoms with E-state index in [1.807, 2.05) is 20.8 Å². The van der Waals surface area contributed by atoms with E-state index in [4.69, 9.17) is 5.73 Å². The third-order valence-corrected chi connectivity index (χ3v) is 1.58. The van der Waals surface area contributed by atoms with Crippen LogP contribution in [0.15, 0.2) is 0 Å². The fraction of sp³-hybridized carbons (Fsp3) is 0.818. The van der Waals surface area contributed by atoms with Crippen LogP contribution in [0.2, 0.25) is 0 Å². The number of carbonyl (C=O) groups excluding carboxylic acids is 2. The Morgan fingerprint density at radius 1 is 1.06 bits per heavy atom. The molecule has 0 aliphatic carbocycles. The van der Waals surface area contributed by atoms with E-state index in [1.165, 1.54) is 0 Å². The number of hydrogen-bond donors (Lipinski definition) is 3. The molecule has 16 heavy (non-hydrogen) atoms. The van der Waals surface area contributed by atoms with Gasteiger partial charge in [0.15, 0.2) is 0 Å². The highest BCUT2D eigenvalue weighted by atomic mass is 16.2. The second kappa shape index (κ2) is 5.30. The van der Waals surface area contributed by atoms with Gasteiger partial charge in [0.1, 0.15) is 0 Å². The number of hydrogen-bond acceptors (Lipinski definition) is 3. The third-order valence-electron chi connectivity index (χ3n) is 1.58. The number of carbonyl (C=O) groups is 2. The van der Waals surface area contributed by atoms with Crippen molar-refractivity contribution < 1.29 is 9.59 Å². The highest BCUT2D eigenvalue weighted by Gasteiger charge is 2.18.